The van der Waals surface area contributed by atoms with E-state index in [1.807, 2.05) is 30.3 Å². The zero-order valence-corrected chi connectivity index (χ0v) is 20.1. The van der Waals surface area contributed by atoms with Gasteiger partial charge in [-0.05, 0) is 30.3 Å². The average Bonchev–Trinajstić information content (AvgIpc) is 3.21. The molecule has 2 amide bonds. The maximum absolute atomic E-state index is 12.8. The Hall–Kier alpha value is -5.12. The van der Waals surface area contributed by atoms with Crippen LogP contribution in [0.25, 0.3) is 10.9 Å². The van der Waals surface area contributed by atoms with E-state index in [0.29, 0.717) is 33.4 Å². The molecule has 188 valence electrons. The SMILES string of the molecule is COC(=O)Oc1ccc2c(C(=Nc3cccc(C(=O)N(C)CC(N)=O)c3)c3ccccc3)c(O)[nH]c2c1. The van der Waals surface area contributed by atoms with Crippen LogP contribution in [0.4, 0.5) is 10.5 Å². The van der Waals surface area contributed by atoms with Gasteiger partial charge < -0.3 is 30.2 Å². The lowest BCUT2D eigenvalue weighted by Crippen LogP contribution is -2.35. The summed E-state index contributed by atoms with van der Waals surface area (Å²) in [5.74, 6) is -0.908. The van der Waals surface area contributed by atoms with Crippen molar-refractivity contribution in [2.45, 2.75) is 0 Å². The predicted octanol–water partition coefficient (Wildman–Crippen LogP) is 3.75. The number of aromatic nitrogens is 1. The van der Waals surface area contributed by atoms with E-state index in [1.54, 1.807) is 42.5 Å². The van der Waals surface area contributed by atoms with Gasteiger partial charge in [-0.1, -0.05) is 36.4 Å². The van der Waals surface area contributed by atoms with Crippen LogP contribution in [0.5, 0.6) is 11.6 Å². The van der Waals surface area contributed by atoms with E-state index in [0.717, 1.165) is 5.56 Å². The minimum absolute atomic E-state index is 0.138. The third-order valence-electron chi connectivity index (χ3n) is 5.48. The van der Waals surface area contributed by atoms with Crippen LogP contribution in [0, 0.1) is 0 Å². The van der Waals surface area contributed by atoms with Crippen LogP contribution in [0.15, 0.2) is 77.8 Å². The molecular formula is C27H24N4O6. The zero-order chi connectivity index (χ0) is 26.5. The summed E-state index contributed by atoms with van der Waals surface area (Å²) in [7, 11) is 2.70. The standard InChI is InChI=1S/C27H24N4O6/c1-31(15-22(28)32)26(34)17-9-6-10-18(13-17)29-24(16-7-4-3-5-8-16)23-20-12-11-19(37-27(35)36-2)14-21(20)30-25(23)33/h3-14,30,33H,15H2,1-2H3,(H2,28,32). The number of amides is 2. The van der Waals surface area contributed by atoms with Crippen LogP contribution in [0.2, 0.25) is 0 Å². The van der Waals surface area contributed by atoms with Gasteiger partial charge in [0.05, 0.1) is 36.1 Å². The molecule has 3 aromatic carbocycles. The van der Waals surface area contributed by atoms with Gasteiger partial charge in [0.2, 0.25) is 5.91 Å². The van der Waals surface area contributed by atoms with E-state index in [9.17, 15) is 19.5 Å². The number of hydrogen-bond acceptors (Lipinski definition) is 7. The summed E-state index contributed by atoms with van der Waals surface area (Å²) in [6.45, 7) is -0.216. The molecule has 0 aliphatic heterocycles. The first kappa shape index (κ1) is 25.0. The Morgan fingerprint density at radius 3 is 2.43 bits per heavy atom. The van der Waals surface area contributed by atoms with Crippen molar-refractivity contribution in [1.29, 1.82) is 0 Å². The summed E-state index contributed by atoms with van der Waals surface area (Å²) in [5, 5.41) is 11.5. The van der Waals surface area contributed by atoms with E-state index >= 15 is 0 Å². The molecule has 0 spiro atoms. The van der Waals surface area contributed by atoms with Crippen LogP contribution in [0.1, 0.15) is 21.5 Å². The van der Waals surface area contributed by atoms with Crippen molar-refractivity contribution in [3.8, 4) is 11.6 Å². The Morgan fingerprint density at radius 2 is 1.73 bits per heavy atom. The highest BCUT2D eigenvalue weighted by molar-refractivity contribution is 6.22. The highest BCUT2D eigenvalue weighted by Crippen LogP contribution is 2.33. The first-order chi connectivity index (χ1) is 17.8. The van der Waals surface area contributed by atoms with Crippen LogP contribution in [0.3, 0.4) is 0 Å². The topological polar surface area (TPSA) is 147 Å². The molecule has 0 radical (unpaired) electrons. The van der Waals surface area contributed by atoms with Crippen molar-refractivity contribution in [1.82, 2.24) is 9.88 Å². The maximum Gasteiger partial charge on any atom is 0.513 e. The molecule has 1 aromatic heterocycles. The van der Waals surface area contributed by atoms with Crippen LogP contribution in [-0.4, -0.2) is 59.4 Å². The number of primary amides is 1. The highest BCUT2D eigenvalue weighted by atomic mass is 16.7. The minimum Gasteiger partial charge on any atom is -0.494 e. The van der Waals surface area contributed by atoms with Gasteiger partial charge in [0, 0.05) is 29.6 Å². The van der Waals surface area contributed by atoms with Gasteiger partial charge in [0.1, 0.15) is 5.75 Å². The first-order valence-electron chi connectivity index (χ1n) is 11.2. The van der Waals surface area contributed by atoms with Gasteiger partial charge in [0.25, 0.3) is 5.91 Å². The molecule has 4 rings (SSSR count). The van der Waals surface area contributed by atoms with E-state index in [2.05, 4.69) is 9.72 Å². The van der Waals surface area contributed by atoms with E-state index in [-0.39, 0.29) is 24.1 Å². The van der Waals surface area contributed by atoms with Crippen molar-refractivity contribution in [3.05, 3.63) is 89.5 Å². The number of fused-ring (bicyclic) bond motifs is 1. The molecule has 10 nitrogen and oxygen atoms in total. The van der Waals surface area contributed by atoms with Crippen molar-refractivity contribution < 1.29 is 29.0 Å². The van der Waals surface area contributed by atoms with Gasteiger partial charge in [-0.25, -0.2) is 9.79 Å². The number of nitrogens with zero attached hydrogens (tertiary/aromatic N) is 2. The normalized spacial score (nSPS) is 11.2. The van der Waals surface area contributed by atoms with E-state index in [4.69, 9.17) is 15.5 Å². The lowest BCUT2D eigenvalue weighted by molar-refractivity contribution is -0.118. The molecule has 0 saturated carbocycles. The molecule has 0 atom stereocenters. The second-order valence-electron chi connectivity index (χ2n) is 8.12. The average molecular weight is 501 g/mol. The molecule has 0 fully saturated rings. The number of nitrogens with two attached hydrogens (primary N) is 1. The Balaban J connectivity index is 1.81. The summed E-state index contributed by atoms with van der Waals surface area (Å²) >= 11 is 0. The van der Waals surface area contributed by atoms with Crippen molar-refractivity contribution >= 4 is 40.3 Å². The Labute approximate surface area is 211 Å². The number of hydrogen-bond donors (Lipinski definition) is 3. The van der Waals surface area contributed by atoms with Crippen molar-refractivity contribution in [2.24, 2.45) is 10.7 Å². The quantitative estimate of drug-likeness (QED) is 0.200. The second kappa shape index (κ2) is 10.6. The Morgan fingerprint density at radius 1 is 1.00 bits per heavy atom. The summed E-state index contributed by atoms with van der Waals surface area (Å²) in [6.07, 6.45) is -0.863. The highest BCUT2D eigenvalue weighted by Gasteiger charge is 2.20. The number of aromatic amines is 1. The summed E-state index contributed by atoms with van der Waals surface area (Å²) in [4.78, 5) is 44.4. The molecule has 0 bridgehead atoms. The van der Waals surface area contributed by atoms with Crippen LogP contribution in [-0.2, 0) is 9.53 Å². The number of H-pyrrole nitrogens is 1. The summed E-state index contributed by atoms with van der Waals surface area (Å²) in [5.41, 5.74) is 8.09. The lowest BCUT2D eigenvalue weighted by Gasteiger charge is -2.15. The van der Waals surface area contributed by atoms with Gasteiger partial charge >= 0.3 is 6.16 Å². The molecule has 0 aliphatic rings. The largest absolute Gasteiger partial charge is 0.513 e. The lowest BCUT2D eigenvalue weighted by atomic mass is 10.0. The number of likely N-dealkylation sites (N-methyl/N-ethyl adjacent to an activating group) is 1. The molecule has 4 N–H and O–H groups in total. The predicted molar refractivity (Wildman–Crippen MR) is 137 cm³/mol. The molecule has 1 heterocycles. The summed E-state index contributed by atoms with van der Waals surface area (Å²) in [6, 6.07) is 20.7. The van der Waals surface area contributed by atoms with Crippen molar-refractivity contribution in [3.63, 3.8) is 0 Å². The van der Waals surface area contributed by atoms with Gasteiger partial charge in [-0.3, -0.25) is 9.59 Å². The van der Waals surface area contributed by atoms with E-state index < -0.39 is 12.1 Å². The number of nitrogens with one attached hydrogen (secondary N) is 1. The third kappa shape index (κ3) is 5.59. The number of aromatic hydroxyl groups is 1. The summed E-state index contributed by atoms with van der Waals surface area (Å²) < 4.78 is 9.61. The minimum atomic E-state index is -0.863. The fraction of sp³-hybridized carbons (Fsp3) is 0.111. The second-order valence-corrected chi connectivity index (χ2v) is 8.12. The van der Waals surface area contributed by atoms with Crippen molar-refractivity contribution in [2.75, 3.05) is 20.7 Å². The number of benzene rings is 3. The molecule has 0 saturated heterocycles. The zero-order valence-electron chi connectivity index (χ0n) is 20.1. The first-order valence-corrected chi connectivity index (χ1v) is 11.2. The molecule has 0 aliphatic carbocycles. The van der Waals surface area contributed by atoms with Gasteiger partial charge in [0.15, 0.2) is 5.88 Å². The smallest absolute Gasteiger partial charge is 0.494 e. The number of carbonyl (C=O) groups is 3. The number of aliphatic imine (C=N–C) groups is 1. The molecular weight excluding hydrogens is 476 g/mol. The fourth-order valence-corrected chi connectivity index (χ4v) is 3.83. The van der Waals surface area contributed by atoms with Gasteiger partial charge in [-0.15, -0.1) is 0 Å². The number of ether oxygens (including phenoxy) is 2. The molecule has 4 aromatic rings. The van der Waals surface area contributed by atoms with Crippen LogP contribution < -0.4 is 10.5 Å². The fourth-order valence-electron chi connectivity index (χ4n) is 3.83. The molecule has 10 heteroatoms. The van der Waals surface area contributed by atoms with Crippen LogP contribution >= 0.6 is 0 Å². The number of methoxy groups -OCH3 is 1. The van der Waals surface area contributed by atoms with Gasteiger partial charge in [-0.2, -0.15) is 0 Å². The number of rotatable bonds is 7. The molecule has 37 heavy (non-hydrogen) atoms. The molecule has 0 unspecified atom stereocenters. The van der Waals surface area contributed by atoms with E-state index in [1.165, 1.54) is 19.1 Å². The monoisotopic (exact) mass is 500 g/mol. The number of carbonyl (C=O) groups excluding carboxylic acids is 3. The Bertz CT molecular complexity index is 1510. The maximum atomic E-state index is 12.8. The Kier molecular flexibility index (Phi) is 7.19. The third-order valence-corrected chi connectivity index (χ3v) is 5.48.